The molecule has 0 amide bonds. The van der Waals surface area contributed by atoms with Crippen LogP contribution in [0.5, 0.6) is 5.75 Å². The second kappa shape index (κ2) is 6.31. The number of ether oxygens (including phenoxy) is 2. The first-order chi connectivity index (χ1) is 11.5. The standard InChI is InChI=1S/C18H14F2O4/c1-3-23-18(21)16-12-9-11(22-2)5-7-15(12)24-17(16)10-4-6-13(19)14(20)8-10/h4-9H,3H2,1-2H3. The first kappa shape index (κ1) is 16.0. The van der Waals surface area contributed by atoms with E-state index in [1.807, 2.05) is 0 Å². The fraction of sp³-hybridized carbons (Fsp3) is 0.167. The molecule has 2 aromatic carbocycles. The van der Waals surface area contributed by atoms with Gasteiger partial charge in [-0.2, -0.15) is 0 Å². The van der Waals surface area contributed by atoms with Gasteiger partial charge in [-0.15, -0.1) is 0 Å². The Kier molecular flexibility index (Phi) is 4.20. The Bertz CT molecular complexity index is 915. The third-order valence-electron chi connectivity index (χ3n) is 3.56. The summed E-state index contributed by atoms with van der Waals surface area (Å²) in [7, 11) is 1.50. The van der Waals surface area contributed by atoms with Crippen molar-refractivity contribution in [1.29, 1.82) is 0 Å². The van der Waals surface area contributed by atoms with Crippen molar-refractivity contribution in [2.75, 3.05) is 13.7 Å². The first-order valence-corrected chi connectivity index (χ1v) is 7.28. The average Bonchev–Trinajstić information content (AvgIpc) is 2.96. The van der Waals surface area contributed by atoms with E-state index in [1.54, 1.807) is 25.1 Å². The Labute approximate surface area is 136 Å². The number of carbonyl (C=O) groups excluding carboxylic acids is 1. The van der Waals surface area contributed by atoms with Crippen molar-refractivity contribution in [3.05, 3.63) is 53.6 Å². The number of hydrogen-bond acceptors (Lipinski definition) is 4. The number of hydrogen-bond donors (Lipinski definition) is 0. The fourth-order valence-electron chi connectivity index (χ4n) is 2.45. The number of methoxy groups -OCH3 is 1. The van der Waals surface area contributed by atoms with Gasteiger partial charge in [0.25, 0.3) is 0 Å². The van der Waals surface area contributed by atoms with Crippen LogP contribution in [0.1, 0.15) is 17.3 Å². The fourth-order valence-corrected chi connectivity index (χ4v) is 2.45. The lowest BCUT2D eigenvalue weighted by molar-refractivity contribution is 0.0528. The van der Waals surface area contributed by atoms with Crippen LogP contribution in [-0.2, 0) is 4.74 Å². The molecule has 0 aliphatic carbocycles. The zero-order chi connectivity index (χ0) is 17.3. The summed E-state index contributed by atoms with van der Waals surface area (Å²) < 4.78 is 42.7. The summed E-state index contributed by atoms with van der Waals surface area (Å²) in [5, 5.41) is 0.479. The first-order valence-electron chi connectivity index (χ1n) is 7.28. The van der Waals surface area contributed by atoms with Crippen molar-refractivity contribution in [3.63, 3.8) is 0 Å². The highest BCUT2D eigenvalue weighted by Gasteiger charge is 2.24. The van der Waals surface area contributed by atoms with Gasteiger partial charge in [0.2, 0.25) is 0 Å². The molecule has 1 heterocycles. The van der Waals surface area contributed by atoms with Gasteiger partial charge in [-0.1, -0.05) is 0 Å². The normalized spacial score (nSPS) is 10.8. The van der Waals surface area contributed by atoms with E-state index in [0.29, 0.717) is 16.7 Å². The van der Waals surface area contributed by atoms with Gasteiger partial charge in [0, 0.05) is 10.9 Å². The Morgan fingerprint density at radius 1 is 1.12 bits per heavy atom. The second-order valence-corrected chi connectivity index (χ2v) is 5.02. The van der Waals surface area contributed by atoms with E-state index >= 15 is 0 Å². The maximum Gasteiger partial charge on any atom is 0.342 e. The zero-order valence-corrected chi connectivity index (χ0v) is 13.1. The van der Waals surface area contributed by atoms with Crippen LogP contribution in [0.25, 0.3) is 22.3 Å². The lowest BCUT2D eigenvalue weighted by atomic mass is 10.1. The summed E-state index contributed by atoms with van der Waals surface area (Å²) in [6.45, 7) is 1.85. The van der Waals surface area contributed by atoms with E-state index in [2.05, 4.69) is 0 Å². The average molecular weight is 332 g/mol. The van der Waals surface area contributed by atoms with Crippen LogP contribution in [0.3, 0.4) is 0 Å². The number of rotatable bonds is 4. The molecule has 24 heavy (non-hydrogen) atoms. The van der Waals surface area contributed by atoms with Crippen LogP contribution in [0.2, 0.25) is 0 Å². The van der Waals surface area contributed by atoms with Crippen molar-refractivity contribution in [3.8, 4) is 17.1 Å². The lowest BCUT2D eigenvalue weighted by Gasteiger charge is -2.04. The molecule has 0 aliphatic heterocycles. The van der Waals surface area contributed by atoms with Crippen molar-refractivity contribution in [1.82, 2.24) is 0 Å². The molecule has 0 saturated carbocycles. The lowest BCUT2D eigenvalue weighted by Crippen LogP contribution is -2.05. The molecule has 0 N–H and O–H groups in total. The molecule has 0 atom stereocenters. The van der Waals surface area contributed by atoms with Crippen LogP contribution >= 0.6 is 0 Å². The molecule has 0 spiro atoms. The summed E-state index contributed by atoms with van der Waals surface area (Å²) in [5.74, 6) is -1.96. The summed E-state index contributed by atoms with van der Waals surface area (Å²) in [6, 6.07) is 8.25. The molecule has 0 saturated heterocycles. The van der Waals surface area contributed by atoms with E-state index in [0.717, 1.165) is 12.1 Å². The molecule has 1 aromatic heterocycles. The van der Waals surface area contributed by atoms with E-state index in [4.69, 9.17) is 13.9 Å². The van der Waals surface area contributed by atoms with E-state index in [1.165, 1.54) is 13.2 Å². The van der Waals surface area contributed by atoms with Gasteiger partial charge in [0.15, 0.2) is 11.6 Å². The topological polar surface area (TPSA) is 48.7 Å². The number of carbonyl (C=O) groups is 1. The molecule has 3 rings (SSSR count). The molecule has 4 nitrogen and oxygen atoms in total. The van der Waals surface area contributed by atoms with Gasteiger partial charge in [-0.05, 0) is 43.3 Å². The van der Waals surface area contributed by atoms with Gasteiger partial charge in [-0.3, -0.25) is 0 Å². The Hall–Kier alpha value is -2.89. The van der Waals surface area contributed by atoms with Gasteiger partial charge in [0.05, 0.1) is 13.7 Å². The molecule has 0 radical (unpaired) electrons. The predicted octanol–water partition coefficient (Wildman–Crippen LogP) is 4.56. The second-order valence-electron chi connectivity index (χ2n) is 5.02. The number of halogens is 2. The van der Waals surface area contributed by atoms with Gasteiger partial charge < -0.3 is 13.9 Å². The third-order valence-corrected chi connectivity index (χ3v) is 3.56. The van der Waals surface area contributed by atoms with Gasteiger partial charge in [0.1, 0.15) is 22.7 Å². The summed E-state index contributed by atoms with van der Waals surface area (Å²) in [6.07, 6.45) is 0. The Balaban J connectivity index is 2.27. The minimum Gasteiger partial charge on any atom is -0.497 e. The highest BCUT2D eigenvalue weighted by atomic mass is 19.2. The van der Waals surface area contributed by atoms with Crippen LogP contribution in [0.15, 0.2) is 40.8 Å². The van der Waals surface area contributed by atoms with Crippen LogP contribution < -0.4 is 4.74 Å². The number of esters is 1. The maximum atomic E-state index is 13.6. The van der Waals surface area contributed by atoms with Crippen molar-refractivity contribution in [2.24, 2.45) is 0 Å². The largest absolute Gasteiger partial charge is 0.497 e. The summed E-state index contributed by atoms with van der Waals surface area (Å²) in [5.41, 5.74) is 0.808. The van der Waals surface area contributed by atoms with E-state index in [-0.39, 0.29) is 23.5 Å². The van der Waals surface area contributed by atoms with Crippen LogP contribution in [-0.4, -0.2) is 19.7 Å². The zero-order valence-electron chi connectivity index (χ0n) is 13.1. The van der Waals surface area contributed by atoms with Crippen LogP contribution in [0.4, 0.5) is 8.78 Å². The maximum absolute atomic E-state index is 13.6. The SMILES string of the molecule is CCOC(=O)c1c(-c2ccc(F)c(F)c2)oc2ccc(OC)cc12. The molecular formula is C18H14F2O4. The van der Waals surface area contributed by atoms with E-state index in [9.17, 15) is 13.6 Å². The van der Waals surface area contributed by atoms with E-state index < -0.39 is 17.6 Å². The molecule has 6 heteroatoms. The summed E-state index contributed by atoms with van der Waals surface area (Å²) in [4.78, 5) is 12.4. The highest BCUT2D eigenvalue weighted by molar-refractivity contribution is 6.09. The third kappa shape index (κ3) is 2.71. The molecule has 0 bridgehead atoms. The Morgan fingerprint density at radius 2 is 1.92 bits per heavy atom. The van der Waals surface area contributed by atoms with Crippen molar-refractivity contribution >= 4 is 16.9 Å². The minimum atomic E-state index is -1.03. The monoisotopic (exact) mass is 332 g/mol. The van der Waals surface area contributed by atoms with Gasteiger partial charge >= 0.3 is 5.97 Å². The number of benzene rings is 2. The summed E-state index contributed by atoms with van der Waals surface area (Å²) >= 11 is 0. The van der Waals surface area contributed by atoms with Gasteiger partial charge in [-0.25, -0.2) is 13.6 Å². The van der Waals surface area contributed by atoms with Crippen molar-refractivity contribution < 1.29 is 27.5 Å². The Morgan fingerprint density at radius 3 is 2.58 bits per heavy atom. The van der Waals surface area contributed by atoms with Crippen LogP contribution in [0, 0.1) is 11.6 Å². The molecule has 3 aromatic rings. The quantitative estimate of drug-likeness (QED) is 0.657. The smallest absolute Gasteiger partial charge is 0.342 e. The minimum absolute atomic E-state index is 0.121. The number of furan rings is 1. The molecular weight excluding hydrogens is 318 g/mol. The number of fused-ring (bicyclic) bond motifs is 1. The highest BCUT2D eigenvalue weighted by Crippen LogP contribution is 2.36. The predicted molar refractivity (Wildman–Crippen MR) is 84.1 cm³/mol. The molecule has 124 valence electrons. The molecule has 0 unspecified atom stereocenters. The van der Waals surface area contributed by atoms with Crippen molar-refractivity contribution in [2.45, 2.75) is 6.92 Å². The molecule has 0 fully saturated rings. The molecule has 0 aliphatic rings.